The van der Waals surface area contributed by atoms with Crippen LogP contribution in [0.3, 0.4) is 0 Å². The van der Waals surface area contributed by atoms with Gasteiger partial charge in [-0.1, -0.05) is 0 Å². The van der Waals surface area contributed by atoms with Crippen LogP contribution in [0.1, 0.15) is 47.3 Å². The Labute approximate surface area is 223 Å². The Morgan fingerprint density at radius 3 is 2.49 bits per heavy atom. The molecule has 39 heavy (non-hydrogen) atoms. The molecule has 0 saturated heterocycles. The van der Waals surface area contributed by atoms with Crippen LogP contribution in [0.2, 0.25) is 0 Å². The van der Waals surface area contributed by atoms with Crippen molar-refractivity contribution in [3.8, 4) is 23.0 Å². The average molecular weight is 537 g/mol. The number of aliphatic hydroxyl groups excluding tert-OH is 1. The average Bonchev–Trinajstić information content (AvgIpc) is 3.16. The van der Waals surface area contributed by atoms with E-state index >= 15 is 0 Å². The number of aliphatic hydroxyl groups is 2. The number of benzene rings is 2. The van der Waals surface area contributed by atoms with Crippen molar-refractivity contribution in [3.63, 3.8) is 0 Å². The lowest BCUT2D eigenvalue weighted by Gasteiger charge is -2.33. The van der Waals surface area contributed by atoms with Gasteiger partial charge < -0.3 is 39.7 Å². The number of hydrogen-bond donors (Lipinski definition) is 5. The number of ketones is 1. The molecular formula is C29H28O10. The number of aromatic carboxylic acids is 1. The van der Waals surface area contributed by atoms with Gasteiger partial charge in [0.15, 0.2) is 17.3 Å². The number of aromatic hydroxyl groups is 2. The van der Waals surface area contributed by atoms with Crippen molar-refractivity contribution in [3.05, 3.63) is 75.8 Å². The van der Waals surface area contributed by atoms with Crippen LogP contribution in [0.5, 0.6) is 23.0 Å². The predicted octanol–water partition coefficient (Wildman–Crippen LogP) is 3.57. The molecule has 1 unspecified atom stereocenters. The van der Waals surface area contributed by atoms with E-state index in [1.807, 2.05) is 13.8 Å². The van der Waals surface area contributed by atoms with Crippen LogP contribution in [-0.4, -0.2) is 62.2 Å². The zero-order chi connectivity index (χ0) is 28.3. The standard InChI is InChI=1S/C16H12O6.C13H16O4/c17-10-2-1-8-13-9-4-12(19)11(18)3-7(9)5-16(13,21)6-22-15(8)14(10)20;1-13(2)7-6-8-10(17-13)5-4-9(12(14)15)11(8)16-3/h1-4,18-21H,5-6H2;4-5H,6-7H2,1-3H3,(H,14,15). The number of rotatable bonds is 2. The fourth-order valence-corrected chi connectivity index (χ4v) is 5.38. The second-order valence-corrected chi connectivity index (χ2v) is 10.4. The third-order valence-corrected chi connectivity index (χ3v) is 7.25. The van der Waals surface area contributed by atoms with E-state index in [0.29, 0.717) is 28.0 Å². The van der Waals surface area contributed by atoms with E-state index in [-0.39, 0.29) is 41.5 Å². The first-order chi connectivity index (χ1) is 18.3. The minimum absolute atomic E-state index is 0.0348. The molecule has 4 aliphatic rings. The van der Waals surface area contributed by atoms with Gasteiger partial charge in [-0.05, 0) is 74.2 Å². The molecule has 0 aromatic heterocycles. The first kappa shape index (κ1) is 26.2. The molecule has 0 spiro atoms. The quantitative estimate of drug-likeness (QED) is 0.359. The Morgan fingerprint density at radius 2 is 1.79 bits per heavy atom. The second-order valence-electron chi connectivity index (χ2n) is 10.4. The molecule has 204 valence electrons. The Bertz CT molecular complexity index is 1510. The van der Waals surface area contributed by atoms with E-state index in [4.69, 9.17) is 19.3 Å². The maximum atomic E-state index is 11.5. The first-order valence-corrected chi connectivity index (χ1v) is 12.3. The van der Waals surface area contributed by atoms with Gasteiger partial charge in [-0.25, -0.2) is 4.79 Å². The lowest BCUT2D eigenvalue weighted by atomic mass is 9.85. The predicted molar refractivity (Wildman–Crippen MR) is 138 cm³/mol. The van der Waals surface area contributed by atoms with E-state index in [9.17, 15) is 30.0 Å². The lowest BCUT2D eigenvalue weighted by molar-refractivity contribution is -0.114. The van der Waals surface area contributed by atoms with Gasteiger partial charge in [-0.2, -0.15) is 0 Å². The molecule has 2 aromatic carbocycles. The fourth-order valence-electron chi connectivity index (χ4n) is 5.38. The number of hydrogen-bond acceptors (Lipinski definition) is 9. The number of carbonyl (C=O) groups excluding carboxylic acids is 1. The van der Waals surface area contributed by atoms with E-state index in [2.05, 4.69) is 0 Å². The highest BCUT2D eigenvalue weighted by Crippen LogP contribution is 2.50. The topological polar surface area (TPSA) is 163 Å². The molecule has 6 rings (SSSR count). The Hall–Kier alpha value is -4.44. The summed E-state index contributed by atoms with van der Waals surface area (Å²) >= 11 is 0. The summed E-state index contributed by atoms with van der Waals surface area (Å²) in [7, 11) is 1.49. The number of allylic oxidation sites excluding steroid dienone is 2. The molecule has 0 amide bonds. The van der Waals surface area contributed by atoms with Crippen LogP contribution >= 0.6 is 0 Å². The van der Waals surface area contributed by atoms with Crippen molar-refractivity contribution in [2.75, 3.05) is 13.7 Å². The number of carbonyl (C=O) groups is 2. The summed E-state index contributed by atoms with van der Waals surface area (Å²) in [5.74, 6) is -1.41. The number of phenolic OH excluding ortho intramolecular Hbond substituents is 2. The molecule has 2 heterocycles. The van der Waals surface area contributed by atoms with E-state index in [1.165, 1.54) is 37.5 Å². The monoisotopic (exact) mass is 536 g/mol. The number of phenols is 2. The largest absolute Gasteiger partial charge is 0.504 e. The molecule has 1 atom stereocenters. The van der Waals surface area contributed by atoms with Gasteiger partial charge in [0.05, 0.1) is 7.11 Å². The van der Waals surface area contributed by atoms with Crippen molar-refractivity contribution < 1.29 is 49.3 Å². The smallest absolute Gasteiger partial charge is 0.339 e. The summed E-state index contributed by atoms with van der Waals surface area (Å²) in [5, 5.41) is 49.1. The van der Waals surface area contributed by atoms with Crippen molar-refractivity contribution in [1.82, 2.24) is 0 Å². The Kier molecular flexibility index (Phi) is 6.10. The Balaban J connectivity index is 0.000000164. The maximum Gasteiger partial charge on any atom is 0.339 e. The summed E-state index contributed by atoms with van der Waals surface area (Å²) in [6.45, 7) is 3.92. The molecular weight excluding hydrogens is 508 g/mol. The fraction of sp³-hybridized carbons (Fsp3) is 0.310. The molecule has 2 aliphatic heterocycles. The van der Waals surface area contributed by atoms with Crippen LogP contribution < -0.4 is 9.47 Å². The van der Waals surface area contributed by atoms with Crippen molar-refractivity contribution in [1.29, 1.82) is 0 Å². The van der Waals surface area contributed by atoms with Gasteiger partial charge in [0.25, 0.3) is 0 Å². The van der Waals surface area contributed by atoms with Crippen LogP contribution in [0.15, 0.2) is 53.5 Å². The highest BCUT2D eigenvalue weighted by Gasteiger charge is 2.48. The van der Waals surface area contributed by atoms with Gasteiger partial charge in [-0.3, -0.25) is 4.79 Å². The molecule has 2 aliphatic carbocycles. The highest BCUT2D eigenvalue weighted by molar-refractivity contribution is 6.06. The maximum absolute atomic E-state index is 11.5. The lowest BCUT2D eigenvalue weighted by Crippen LogP contribution is -2.39. The first-order valence-electron chi connectivity index (χ1n) is 12.3. The summed E-state index contributed by atoms with van der Waals surface area (Å²) < 4.78 is 16.4. The van der Waals surface area contributed by atoms with Crippen LogP contribution in [0.4, 0.5) is 0 Å². The second kappa shape index (κ2) is 9.09. The van der Waals surface area contributed by atoms with Gasteiger partial charge in [-0.15, -0.1) is 0 Å². The normalized spacial score (nSPS) is 21.9. The summed E-state index contributed by atoms with van der Waals surface area (Å²) in [4.78, 5) is 22.6. The molecule has 0 saturated carbocycles. The molecule has 2 aromatic rings. The molecule has 0 bridgehead atoms. The molecule has 0 radical (unpaired) electrons. The van der Waals surface area contributed by atoms with E-state index in [1.54, 1.807) is 6.07 Å². The molecule has 5 N–H and O–H groups in total. The molecule has 0 fully saturated rings. The number of carboxylic acid groups (broad SMARTS) is 1. The zero-order valence-electron chi connectivity index (χ0n) is 21.6. The van der Waals surface area contributed by atoms with Crippen molar-refractivity contribution in [2.45, 2.75) is 44.3 Å². The highest BCUT2D eigenvalue weighted by atomic mass is 16.5. The third-order valence-electron chi connectivity index (χ3n) is 7.25. The number of ether oxygens (including phenoxy) is 3. The van der Waals surface area contributed by atoms with E-state index < -0.39 is 23.1 Å². The third kappa shape index (κ3) is 4.36. The van der Waals surface area contributed by atoms with Gasteiger partial charge in [0.2, 0.25) is 11.5 Å². The number of methoxy groups -OCH3 is 1. The molecule has 10 heteroatoms. The van der Waals surface area contributed by atoms with Gasteiger partial charge >= 0.3 is 5.97 Å². The summed E-state index contributed by atoms with van der Waals surface area (Å²) in [6, 6.07) is 6.01. The van der Waals surface area contributed by atoms with Crippen LogP contribution in [0, 0.1) is 0 Å². The molecule has 10 nitrogen and oxygen atoms in total. The van der Waals surface area contributed by atoms with Gasteiger partial charge in [0.1, 0.15) is 34.9 Å². The minimum atomic E-state index is -1.33. The number of carboxylic acids is 1. The summed E-state index contributed by atoms with van der Waals surface area (Å²) in [5.41, 5.74) is 1.63. The zero-order valence-corrected chi connectivity index (χ0v) is 21.6. The summed E-state index contributed by atoms with van der Waals surface area (Å²) in [6.07, 6.45) is 4.52. The Morgan fingerprint density at radius 1 is 1.08 bits per heavy atom. The SMILES string of the molecule is COc1c(C(=O)O)ccc2c1CCC(C)(C)O2.O=C1C=CC2=C3c4cc(O)c(O)cc4CC3(O)COC2=C1O. The number of fused-ring (bicyclic) bond motifs is 5. The van der Waals surface area contributed by atoms with Crippen LogP contribution in [0.25, 0.3) is 5.57 Å². The van der Waals surface area contributed by atoms with Crippen molar-refractivity contribution >= 4 is 17.3 Å². The van der Waals surface area contributed by atoms with Gasteiger partial charge in [0, 0.05) is 23.1 Å². The van der Waals surface area contributed by atoms with Crippen LogP contribution in [-0.2, 0) is 22.4 Å². The van der Waals surface area contributed by atoms with Crippen molar-refractivity contribution in [2.24, 2.45) is 0 Å². The van der Waals surface area contributed by atoms with E-state index in [0.717, 1.165) is 24.2 Å². The minimum Gasteiger partial charge on any atom is -0.504 e.